The summed E-state index contributed by atoms with van der Waals surface area (Å²) in [4.78, 5) is 15.0. The van der Waals surface area contributed by atoms with Crippen LogP contribution in [0.5, 0.6) is 0 Å². The van der Waals surface area contributed by atoms with Crippen molar-refractivity contribution in [2.75, 3.05) is 13.1 Å². The second kappa shape index (κ2) is 6.22. The van der Waals surface area contributed by atoms with Crippen molar-refractivity contribution in [3.05, 3.63) is 41.7 Å². The molecule has 1 N–H and O–H groups in total. The van der Waals surface area contributed by atoms with E-state index in [9.17, 15) is 4.79 Å². The molecule has 3 saturated heterocycles. The van der Waals surface area contributed by atoms with Crippen LogP contribution >= 0.6 is 11.6 Å². The Morgan fingerprint density at radius 1 is 1.38 bits per heavy atom. The van der Waals surface area contributed by atoms with E-state index in [1.807, 2.05) is 24.3 Å². The molecule has 1 aromatic heterocycles. The van der Waals surface area contributed by atoms with Gasteiger partial charge in [0.2, 0.25) is 0 Å². The highest BCUT2D eigenvalue weighted by molar-refractivity contribution is 6.33. The molecule has 1 amide bonds. The van der Waals surface area contributed by atoms with E-state index >= 15 is 0 Å². The van der Waals surface area contributed by atoms with Gasteiger partial charge in [0.1, 0.15) is 0 Å². The predicted octanol–water partition coefficient (Wildman–Crippen LogP) is 3.24. The molecular formula is C18H21ClN4O. The zero-order valence-corrected chi connectivity index (χ0v) is 14.4. The predicted molar refractivity (Wildman–Crippen MR) is 94.1 cm³/mol. The standard InChI is InChI=1S/C18H21ClN4O/c1-12-8-13-6-7-22(12)11-17(13)21-18(24)23-10-14(9-20-23)15-4-2-3-5-16(15)19/h2-5,9-10,12-13,17H,6-8,11H2,1H3,(H,21,24)/t12?,13?,17-/m0/s1. The maximum absolute atomic E-state index is 12.5. The van der Waals surface area contributed by atoms with Gasteiger partial charge in [0.25, 0.3) is 0 Å². The lowest BCUT2D eigenvalue weighted by Crippen LogP contribution is -2.60. The Morgan fingerprint density at radius 3 is 2.92 bits per heavy atom. The highest BCUT2D eigenvalue weighted by atomic mass is 35.5. The van der Waals surface area contributed by atoms with Gasteiger partial charge in [-0.1, -0.05) is 29.8 Å². The lowest BCUT2D eigenvalue weighted by Gasteiger charge is -2.48. The van der Waals surface area contributed by atoms with Crippen LogP contribution in [0.4, 0.5) is 4.79 Å². The molecule has 3 fully saturated rings. The number of carbonyl (C=O) groups excluding carboxylic acids is 1. The molecule has 2 aromatic rings. The number of nitrogens with one attached hydrogen (secondary N) is 1. The third-order valence-corrected chi connectivity index (χ3v) is 5.67. The molecule has 5 nitrogen and oxygen atoms in total. The number of hydrogen-bond donors (Lipinski definition) is 1. The minimum absolute atomic E-state index is 0.167. The van der Waals surface area contributed by atoms with Crippen molar-refractivity contribution in [2.24, 2.45) is 5.92 Å². The van der Waals surface area contributed by atoms with Crippen LogP contribution in [0.1, 0.15) is 19.8 Å². The number of halogens is 1. The molecule has 6 heteroatoms. The molecule has 24 heavy (non-hydrogen) atoms. The van der Waals surface area contributed by atoms with Crippen LogP contribution in [0, 0.1) is 5.92 Å². The summed E-state index contributed by atoms with van der Waals surface area (Å²) in [6.45, 7) is 4.36. The van der Waals surface area contributed by atoms with Crippen LogP contribution in [0.3, 0.4) is 0 Å². The molecule has 1 aromatic carbocycles. The van der Waals surface area contributed by atoms with E-state index in [1.165, 1.54) is 11.1 Å². The second-order valence-corrected chi connectivity index (χ2v) is 7.25. The van der Waals surface area contributed by atoms with Crippen molar-refractivity contribution >= 4 is 17.6 Å². The van der Waals surface area contributed by atoms with Gasteiger partial charge in [-0.25, -0.2) is 4.79 Å². The molecule has 3 aliphatic heterocycles. The summed E-state index contributed by atoms with van der Waals surface area (Å²) in [7, 11) is 0. The molecule has 4 heterocycles. The summed E-state index contributed by atoms with van der Waals surface area (Å²) in [5.74, 6) is 0.576. The molecular weight excluding hydrogens is 324 g/mol. The van der Waals surface area contributed by atoms with E-state index in [0.29, 0.717) is 17.0 Å². The summed E-state index contributed by atoms with van der Waals surface area (Å²) in [6, 6.07) is 8.26. The van der Waals surface area contributed by atoms with E-state index in [2.05, 4.69) is 22.2 Å². The van der Waals surface area contributed by atoms with Gasteiger partial charge < -0.3 is 5.32 Å². The van der Waals surface area contributed by atoms with Gasteiger partial charge in [0, 0.05) is 41.0 Å². The van der Waals surface area contributed by atoms with E-state index in [1.54, 1.807) is 12.4 Å². The lowest BCUT2D eigenvalue weighted by molar-refractivity contribution is 0.0321. The van der Waals surface area contributed by atoms with Crippen LogP contribution in [-0.4, -0.2) is 45.9 Å². The Morgan fingerprint density at radius 2 is 2.21 bits per heavy atom. The zero-order valence-electron chi connectivity index (χ0n) is 13.7. The molecule has 0 aliphatic carbocycles. The van der Waals surface area contributed by atoms with Crippen molar-refractivity contribution in [1.82, 2.24) is 20.0 Å². The maximum atomic E-state index is 12.5. The van der Waals surface area contributed by atoms with Crippen LogP contribution < -0.4 is 5.32 Å². The van der Waals surface area contributed by atoms with Gasteiger partial charge in [-0.15, -0.1) is 0 Å². The molecule has 0 spiro atoms. The van der Waals surface area contributed by atoms with Gasteiger partial charge in [0.15, 0.2) is 0 Å². The zero-order chi connectivity index (χ0) is 16.7. The van der Waals surface area contributed by atoms with Gasteiger partial charge in [-0.05, 0) is 38.3 Å². The lowest BCUT2D eigenvalue weighted by atomic mass is 9.80. The number of nitrogens with zero attached hydrogens (tertiary/aromatic N) is 3. The van der Waals surface area contributed by atoms with Gasteiger partial charge in [-0.3, -0.25) is 4.90 Å². The highest BCUT2D eigenvalue weighted by Crippen LogP contribution is 2.32. The number of benzene rings is 1. The molecule has 5 rings (SSSR count). The Kier molecular flexibility index (Phi) is 4.06. The monoisotopic (exact) mass is 344 g/mol. The second-order valence-electron chi connectivity index (χ2n) is 6.84. The van der Waals surface area contributed by atoms with Gasteiger partial charge in [-0.2, -0.15) is 9.78 Å². The number of fused-ring (bicyclic) bond motifs is 3. The van der Waals surface area contributed by atoms with E-state index in [0.717, 1.165) is 30.6 Å². The van der Waals surface area contributed by atoms with E-state index in [-0.39, 0.29) is 12.1 Å². The van der Waals surface area contributed by atoms with Crippen molar-refractivity contribution in [2.45, 2.75) is 31.8 Å². The Hall–Kier alpha value is -1.85. The SMILES string of the molecule is CC1CC2CCN1C[C@@H]2NC(=O)n1cc(-c2ccccc2Cl)cn1. The average Bonchev–Trinajstić information content (AvgIpc) is 3.06. The fourth-order valence-corrected chi connectivity index (χ4v) is 4.20. The topological polar surface area (TPSA) is 50.2 Å². The average molecular weight is 345 g/mol. The molecule has 0 saturated carbocycles. The molecule has 0 radical (unpaired) electrons. The normalized spacial score (nSPS) is 28.8. The summed E-state index contributed by atoms with van der Waals surface area (Å²) >= 11 is 6.22. The van der Waals surface area contributed by atoms with Crippen LogP contribution in [0.2, 0.25) is 5.02 Å². The first-order valence-corrected chi connectivity index (χ1v) is 8.84. The summed E-state index contributed by atoms with van der Waals surface area (Å²) in [5, 5.41) is 8.02. The first-order chi connectivity index (χ1) is 11.6. The number of rotatable bonds is 2. The van der Waals surface area contributed by atoms with E-state index in [4.69, 9.17) is 11.6 Å². The summed E-state index contributed by atoms with van der Waals surface area (Å²) in [6.07, 6.45) is 5.74. The maximum Gasteiger partial charge on any atom is 0.342 e. The number of piperidine rings is 3. The quantitative estimate of drug-likeness (QED) is 0.909. The number of aromatic nitrogens is 2. The number of hydrogen-bond acceptors (Lipinski definition) is 3. The van der Waals surface area contributed by atoms with Crippen LogP contribution in [0.15, 0.2) is 36.7 Å². The van der Waals surface area contributed by atoms with Gasteiger partial charge in [0.05, 0.1) is 6.20 Å². The fourth-order valence-electron chi connectivity index (χ4n) is 3.95. The van der Waals surface area contributed by atoms with Crippen LogP contribution in [-0.2, 0) is 0 Å². The molecule has 3 unspecified atom stereocenters. The molecule has 126 valence electrons. The molecule has 2 bridgehead atoms. The third-order valence-electron chi connectivity index (χ3n) is 5.34. The smallest absolute Gasteiger partial charge is 0.332 e. The molecule has 3 aliphatic rings. The van der Waals surface area contributed by atoms with Crippen molar-refractivity contribution < 1.29 is 4.79 Å². The first kappa shape index (κ1) is 15.7. The largest absolute Gasteiger partial charge is 0.342 e. The van der Waals surface area contributed by atoms with Crippen molar-refractivity contribution in [1.29, 1.82) is 0 Å². The Labute approximate surface area is 146 Å². The Balaban J connectivity index is 1.47. The van der Waals surface area contributed by atoms with Crippen LogP contribution in [0.25, 0.3) is 11.1 Å². The van der Waals surface area contributed by atoms with E-state index < -0.39 is 0 Å². The fraction of sp³-hybridized carbons (Fsp3) is 0.444. The third kappa shape index (κ3) is 2.82. The summed E-state index contributed by atoms with van der Waals surface area (Å²) < 4.78 is 1.37. The number of carbonyl (C=O) groups is 1. The van der Waals surface area contributed by atoms with Crippen molar-refractivity contribution in [3.8, 4) is 11.1 Å². The number of amides is 1. The van der Waals surface area contributed by atoms with Crippen molar-refractivity contribution in [3.63, 3.8) is 0 Å². The minimum atomic E-state index is -0.167. The summed E-state index contributed by atoms with van der Waals surface area (Å²) in [5.41, 5.74) is 1.73. The first-order valence-electron chi connectivity index (χ1n) is 8.46. The Bertz CT molecular complexity index is 759. The molecule has 4 atom stereocenters. The minimum Gasteiger partial charge on any atom is -0.332 e. The van der Waals surface area contributed by atoms with Gasteiger partial charge >= 0.3 is 6.03 Å². The highest BCUT2D eigenvalue weighted by Gasteiger charge is 2.38.